The van der Waals surface area contributed by atoms with Crippen LogP contribution in [0.5, 0.6) is 0 Å². The van der Waals surface area contributed by atoms with E-state index in [1.54, 1.807) is 12.4 Å². The number of amides is 2. The highest BCUT2D eigenvalue weighted by molar-refractivity contribution is 6.30. The largest absolute Gasteiger partial charge is 0.332 e. The van der Waals surface area contributed by atoms with Crippen LogP contribution in [0.15, 0.2) is 67.0 Å². The number of hydrogen-bond acceptors (Lipinski definition) is 3. The first-order chi connectivity index (χ1) is 14.8. The van der Waals surface area contributed by atoms with Gasteiger partial charge in [0.1, 0.15) is 0 Å². The molecule has 0 aliphatic carbocycles. The average Bonchev–Trinajstić information content (AvgIpc) is 3.17. The average molecular weight is 434 g/mol. The van der Waals surface area contributed by atoms with E-state index in [2.05, 4.69) is 36.4 Å². The van der Waals surface area contributed by atoms with E-state index in [0.717, 1.165) is 33.5 Å². The molecule has 0 atom stereocenters. The predicted molar refractivity (Wildman–Crippen MR) is 125 cm³/mol. The topological polar surface area (TPSA) is 71.8 Å². The number of carbonyl (C=O) groups is 1. The molecule has 6 nitrogen and oxygen atoms in total. The number of halogens is 1. The molecule has 0 saturated carbocycles. The fourth-order valence-electron chi connectivity index (χ4n) is 3.31. The van der Waals surface area contributed by atoms with Crippen LogP contribution >= 0.6 is 11.6 Å². The maximum absolute atomic E-state index is 12.6. The lowest BCUT2D eigenvalue weighted by atomic mass is 9.92. The Balaban J connectivity index is 1.56. The Labute approximate surface area is 186 Å². The van der Waals surface area contributed by atoms with Crippen LogP contribution in [0.3, 0.4) is 0 Å². The lowest BCUT2D eigenvalue weighted by molar-refractivity contribution is 0.251. The molecule has 0 bridgehead atoms. The van der Waals surface area contributed by atoms with E-state index in [0.29, 0.717) is 11.6 Å². The van der Waals surface area contributed by atoms with Gasteiger partial charge in [0.15, 0.2) is 0 Å². The van der Waals surface area contributed by atoms with Crippen molar-refractivity contribution in [2.24, 2.45) is 0 Å². The van der Waals surface area contributed by atoms with Crippen molar-refractivity contribution in [1.29, 1.82) is 0 Å². The molecule has 2 aromatic carbocycles. The quantitative estimate of drug-likeness (QED) is 0.434. The maximum atomic E-state index is 12.6. The van der Waals surface area contributed by atoms with E-state index < -0.39 is 0 Å². The van der Waals surface area contributed by atoms with Crippen molar-refractivity contribution in [3.8, 4) is 5.69 Å². The van der Waals surface area contributed by atoms with Gasteiger partial charge in [-0.2, -0.15) is 5.10 Å². The monoisotopic (exact) mass is 433 g/mol. The second-order valence-electron chi connectivity index (χ2n) is 8.37. The van der Waals surface area contributed by atoms with Crippen molar-refractivity contribution in [3.63, 3.8) is 0 Å². The first-order valence-electron chi connectivity index (χ1n) is 10.0. The molecule has 4 aromatic rings. The smallest absolute Gasteiger partial charge is 0.319 e. The fourth-order valence-corrected chi connectivity index (χ4v) is 3.50. The Kier molecular flexibility index (Phi) is 5.65. The number of hydrogen-bond donors (Lipinski definition) is 2. The van der Waals surface area contributed by atoms with Gasteiger partial charge in [-0.3, -0.25) is 4.98 Å². The number of urea groups is 1. The summed E-state index contributed by atoms with van der Waals surface area (Å²) in [6.45, 7) is 6.64. The lowest BCUT2D eigenvalue weighted by Gasteiger charge is -2.14. The van der Waals surface area contributed by atoms with Crippen molar-refractivity contribution < 1.29 is 4.79 Å². The minimum atomic E-state index is -0.291. The van der Waals surface area contributed by atoms with Crippen LogP contribution in [0.4, 0.5) is 10.5 Å². The Morgan fingerprint density at radius 2 is 1.90 bits per heavy atom. The fraction of sp³-hybridized carbons (Fsp3) is 0.208. The van der Waals surface area contributed by atoms with Crippen molar-refractivity contribution in [1.82, 2.24) is 20.1 Å². The van der Waals surface area contributed by atoms with Crippen LogP contribution in [0.25, 0.3) is 16.5 Å². The van der Waals surface area contributed by atoms with Gasteiger partial charge in [0, 0.05) is 33.6 Å². The molecule has 2 aromatic heterocycles. The van der Waals surface area contributed by atoms with Crippen molar-refractivity contribution in [2.45, 2.75) is 32.7 Å². The summed E-state index contributed by atoms with van der Waals surface area (Å²) in [6.07, 6.45) is 3.49. The normalized spacial score (nSPS) is 11.5. The zero-order valence-electron chi connectivity index (χ0n) is 17.7. The summed E-state index contributed by atoms with van der Waals surface area (Å²) in [7, 11) is 0. The SMILES string of the molecule is CC(C)(C)c1cc(CNC(=O)Nc2cccc3cnccc23)n(-c2cccc(Cl)c2)n1. The Hall–Kier alpha value is -3.38. The molecule has 4 rings (SSSR count). The molecule has 0 unspecified atom stereocenters. The number of rotatable bonds is 4. The van der Waals surface area contributed by atoms with Gasteiger partial charge in [-0.1, -0.05) is 50.6 Å². The molecular weight excluding hydrogens is 410 g/mol. The predicted octanol–water partition coefficient (Wildman–Crippen LogP) is 5.69. The van der Waals surface area contributed by atoms with E-state index in [9.17, 15) is 4.79 Å². The molecule has 0 fully saturated rings. The van der Waals surface area contributed by atoms with E-state index >= 15 is 0 Å². The van der Waals surface area contributed by atoms with E-state index in [-0.39, 0.29) is 11.4 Å². The van der Waals surface area contributed by atoms with Gasteiger partial charge in [0.05, 0.1) is 29.3 Å². The van der Waals surface area contributed by atoms with E-state index in [1.165, 1.54) is 0 Å². The number of carbonyl (C=O) groups excluding carboxylic acids is 1. The molecule has 0 saturated heterocycles. The number of pyridine rings is 1. The van der Waals surface area contributed by atoms with E-state index in [4.69, 9.17) is 16.7 Å². The Bertz CT molecular complexity index is 1240. The number of aromatic nitrogens is 3. The first kappa shape index (κ1) is 20.9. The van der Waals surface area contributed by atoms with Gasteiger partial charge in [-0.15, -0.1) is 0 Å². The van der Waals surface area contributed by atoms with Gasteiger partial charge in [-0.05, 0) is 36.4 Å². The standard InChI is InChI=1S/C24H24ClN5O/c1-24(2,3)22-13-19(30(29-22)18-8-5-7-17(25)12-18)15-27-23(31)28-21-9-4-6-16-14-26-11-10-20(16)21/h4-14H,15H2,1-3H3,(H2,27,28,31). The van der Waals surface area contributed by atoms with Gasteiger partial charge in [0.25, 0.3) is 0 Å². The number of nitrogens with one attached hydrogen (secondary N) is 2. The summed E-state index contributed by atoms with van der Waals surface area (Å²) in [6, 6.07) is 16.8. The molecule has 2 heterocycles. The van der Waals surface area contributed by atoms with Crippen molar-refractivity contribution in [2.75, 3.05) is 5.32 Å². The molecule has 2 amide bonds. The lowest BCUT2D eigenvalue weighted by Crippen LogP contribution is -2.29. The number of nitrogens with zero attached hydrogens (tertiary/aromatic N) is 3. The highest BCUT2D eigenvalue weighted by Gasteiger charge is 2.21. The molecule has 0 aliphatic heterocycles. The second kappa shape index (κ2) is 8.40. The zero-order chi connectivity index (χ0) is 22.0. The highest BCUT2D eigenvalue weighted by Crippen LogP contribution is 2.25. The summed E-state index contributed by atoms with van der Waals surface area (Å²) in [4.78, 5) is 16.8. The maximum Gasteiger partial charge on any atom is 0.319 e. The molecule has 0 spiro atoms. The van der Waals surface area contributed by atoms with Crippen molar-refractivity contribution in [3.05, 3.63) is 83.4 Å². The van der Waals surface area contributed by atoms with Crippen molar-refractivity contribution >= 4 is 34.1 Å². The van der Waals surface area contributed by atoms with Crippen LogP contribution < -0.4 is 10.6 Å². The van der Waals surface area contributed by atoms with Crippen LogP contribution in [0.2, 0.25) is 5.02 Å². The third-order valence-corrected chi connectivity index (χ3v) is 5.20. The number of fused-ring (bicyclic) bond motifs is 1. The van der Waals surface area contributed by atoms with Crippen LogP contribution in [-0.4, -0.2) is 20.8 Å². The van der Waals surface area contributed by atoms with Gasteiger partial charge < -0.3 is 10.6 Å². The summed E-state index contributed by atoms with van der Waals surface area (Å²) in [5.41, 5.74) is 3.26. The highest BCUT2D eigenvalue weighted by atomic mass is 35.5. The summed E-state index contributed by atoms with van der Waals surface area (Å²) in [5.74, 6) is 0. The van der Waals surface area contributed by atoms with Crippen LogP contribution in [0.1, 0.15) is 32.2 Å². The zero-order valence-corrected chi connectivity index (χ0v) is 18.4. The third-order valence-electron chi connectivity index (χ3n) is 4.96. The number of benzene rings is 2. The first-order valence-corrected chi connectivity index (χ1v) is 10.4. The summed E-state index contributed by atoms with van der Waals surface area (Å²) >= 11 is 6.18. The molecule has 0 radical (unpaired) electrons. The minimum Gasteiger partial charge on any atom is -0.332 e. The Morgan fingerprint density at radius 1 is 1.10 bits per heavy atom. The van der Waals surface area contributed by atoms with Crippen LogP contribution in [-0.2, 0) is 12.0 Å². The van der Waals surface area contributed by atoms with Gasteiger partial charge in [0.2, 0.25) is 0 Å². The molecule has 0 aliphatic rings. The molecular formula is C24H24ClN5O. The van der Waals surface area contributed by atoms with Gasteiger partial charge >= 0.3 is 6.03 Å². The molecule has 158 valence electrons. The third kappa shape index (κ3) is 4.70. The Morgan fingerprint density at radius 3 is 2.68 bits per heavy atom. The summed E-state index contributed by atoms with van der Waals surface area (Å²) < 4.78 is 1.83. The van der Waals surface area contributed by atoms with E-state index in [1.807, 2.05) is 59.3 Å². The molecule has 7 heteroatoms. The van der Waals surface area contributed by atoms with Crippen LogP contribution in [0, 0.1) is 0 Å². The van der Waals surface area contributed by atoms with Gasteiger partial charge in [-0.25, -0.2) is 9.48 Å². The number of anilines is 1. The second-order valence-corrected chi connectivity index (χ2v) is 8.81. The molecule has 2 N–H and O–H groups in total. The minimum absolute atomic E-state index is 0.127. The summed E-state index contributed by atoms with van der Waals surface area (Å²) in [5, 5.41) is 13.2. The molecule has 31 heavy (non-hydrogen) atoms.